The van der Waals surface area contributed by atoms with Crippen LogP contribution in [0.25, 0.3) is 0 Å². The minimum absolute atomic E-state index is 0.0154. The summed E-state index contributed by atoms with van der Waals surface area (Å²) in [4.78, 5) is 28.6. The topological polar surface area (TPSA) is 64.7 Å². The van der Waals surface area contributed by atoms with Crippen molar-refractivity contribution in [3.05, 3.63) is 29.3 Å². The Hall–Kier alpha value is -1.92. The number of carbonyl (C=O) groups excluding carboxylic acids is 2. The summed E-state index contributed by atoms with van der Waals surface area (Å²) in [7, 11) is 0. The lowest BCUT2D eigenvalue weighted by atomic mass is 10.1. The molecule has 2 rings (SSSR count). The molecule has 0 aromatic heterocycles. The number of benzene rings is 1. The van der Waals surface area contributed by atoms with E-state index in [-0.39, 0.29) is 17.9 Å². The van der Waals surface area contributed by atoms with E-state index < -0.39 is 0 Å². The van der Waals surface area contributed by atoms with Gasteiger partial charge in [-0.25, -0.2) is 0 Å². The SMILES string of the molecule is CCC(C)NC(=O)CN1CCN(CC(=O)Nc2cccc(C)c2C)CC1. The van der Waals surface area contributed by atoms with Crippen LogP contribution in [-0.2, 0) is 9.59 Å². The molecule has 0 saturated carbocycles. The largest absolute Gasteiger partial charge is 0.353 e. The maximum atomic E-state index is 12.3. The third-order valence-corrected chi connectivity index (χ3v) is 5.10. The molecule has 0 bridgehead atoms. The Morgan fingerprint density at radius 1 is 1.04 bits per heavy atom. The van der Waals surface area contributed by atoms with Crippen LogP contribution in [0.2, 0.25) is 0 Å². The van der Waals surface area contributed by atoms with Crippen molar-refractivity contribution in [2.75, 3.05) is 44.6 Å². The molecule has 1 fully saturated rings. The van der Waals surface area contributed by atoms with Gasteiger partial charge < -0.3 is 10.6 Å². The van der Waals surface area contributed by atoms with Crippen molar-refractivity contribution in [2.24, 2.45) is 0 Å². The summed E-state index contributed by atoms with van der Waals surface area (Å²) in [6, 6.07) is 6.16. The monoisotopic (exact) mass is 360 g/mol. The van der Waals surface area contributed by atoms with Crippen molar-refractivity contribution in [3.63, 3.8) is 0 Å². The molecule has 0 radical (unpaired) electrons. The molecule has 1 aromatic carbocycles. The quantitative estimate of drug-likeness (QED) is 0.778. The first-order chi connectivity index (χ1) is 12.4. The summed E-state index contributed by atoms with van der Waals surface area (Å²) >= 11 is 0. The third kappa shape index (κ3) is 6.11. The molecule has 0 spiro atoms. The number of rotatable bonds is 7. The van der Waals surface area contributed by atoms with Gasteiger partial charge in [0.15, 0.2) is 0 Å². The Labute approximate surface area is 156 Å². The molecule has 0 aliphatic carbocycles. The molecule has 26 heavy (non-hydrogen) atoms. The van der Waals surface area contributed by atoms with Gasteiger partial charge in [0.2, 0.25) is 11.8 Å². The van der Waals surface area contributed by atoms with E-state index in [1.54, 1.807) is 0 Å². The summed E-state index contributed by atoms with van der Waals surface area (Å²) in [5, 5.41) is 6.01. The third-order valence-electron chi connectivity index (χ3n) is 5.10. The number of nitrogens with zero attached hydrogens (tertiary/aromatic N) is 2. The average Bonchev–Trinajstić information content (AvgIpc) is 2.60. The summed E-state index contributed by atoms with van der Waals surface area (Å²) in [6.07, 6.45) is 0.940. The normalized spacial score (nSPS) is 16.9. The van der Waals surface area contributed by atoms with Crippen LogP contribution in [0.15, 0.2) is 18.2 Å². The van der Waals surface area contributed by atoms with Crippen molar-refractivity contribution in [1.82, 2.24) is 15.1 Å². The van der Waals surface area contributed by atoms with Crippen LogP contribution in [0.3, 0.4) is 0 Å². The molecule has 1 atom stereocenters. The van der Waals surface area contributed by atoms with Crippen LogP contribution in [0, 0.1) is 13.8 Å². The fourth-order valence-electron chi connectivity index (χ4n) is 3.01. The van der Waals surface area contributed by atoms with E-state index in [4.69, 9.17) is 0 Å². The number of hydrogen-bond donors (Lipinski definition) is 2. The van der Waals surface area contributed by atoms with E-state index in [9.17, 15) is 9.59 Å². The number of nitrogens with one attached hydrogen (secondary N) is 2. The summed E-state index contributed by atoms with van der Waals surface area (Å²) in [5.74, 6) is 0.0992. The standard InChI is InChI=1S/C20H32N4O2/c1-5-16(3)21-19(25)13-23-9-11-24(12-10-23)14-20(26)22-18-8-6-7-15(2)17(18)4/h6-8,16H,5,9-14H2,1-4H3,(H,21,25)(H,22,26). The van der Waals surface area contributed by atoms with Crippen molar-refractivity contribution in [2.45, 2.75) is 40.2 Å². The zero-order chi connectivity index (χ0) is 19.1. The van der Waals surface area contributed by atoms with Gasteiger partial charge in [-0.1, -0.05) is 19.1 Å². The Balaban J connectivity index is 1.73. The molecular formula is C20H32N4O2. The van der Waals surface area contributed by atoms with Crippen LogP contribution in [-0.4, -0.2) is 66.9 Å². The Bertz CT molecular complexity index is 624. The van der Waals surface area contributed by atoms with Gasteiger partial charge in [0.1, 0.15) is 0 Å². The first-order valence-corrected chi connectivity index (χ1v) is 9.49. The Kier molecular flexibility index (Phi) is 7.60. The van der Waals surface area contributed by atoms with E-state index in [2.05, 4.69) is 27.4 Å². The highest BCUT2D eigenvalue weighted by molar-refractivity contribution is 5.93. The minimum Gasteiger partial charge on any atom is -0.353 e. The number of piperazine rings is 1. The molecule has 144 valence electrons. The van der Waals surface area contributed by atoms with E-state index in [0.717, 1.165) is 43.9 Å². The van der Waals surface area contributed by atoms with Gasteiger partial charge in [-0.05, 0) is 44.4 Å². The number of carbonyl (C=O) groups is 2. The maximum absolute atomic E-state index is 12.3. The molecule has 6 nitrogen and oxygen atoms in total. The van der Waals surface area contributed by atoms with E-state index in [1.165, 1.54) is 5.56 Å². The van der Waals surface area contributed by atoms with Crippen molar-refractivity contribution < 1.29 is 9.59 Å². The average molecular weight is 361 g/mol. The predicted octanol–water partition coefficient (Wildman–Crippen LogP) is 1.77. The Morgan fingerprint density at radius 2 is 1.62 bits per heavy atom. The fraction of sp³-hybridized carbons (Fsp3) is 0.600. The van der Waals surface area contributed by atoms with Crippen LogP contribution >= 0.6 is 0 Å². The lowest BCUT2D eigenvalue weighted by molar-refractivity contribution is -0.124. The minimum atomic E-state index is 0.0154. The molecule has 1 saturated heterocycles. The molecule has 1 unspecified atom stereocenters. The summed E-state index contributed by atoms with van der Waals surface area (Å²) in [6.45, 7) is 12.2. The summed E-state index contributed by atoms with van der Waals surface area (Å²) in [5.41, 5.74) is 3.17. The maximum Gasteiger partial charge on any atom is 0.238 e. The molecule has 1 aliphatic heterocycles. The number of aryl methyl sites for hydroxylation is 1. The highest BCUT2D eigenvalue weighted by atomic mass is 16.2. The van der Waals surface area contributed by atoms with Gasteiger partial charge >= 0.3 is 0 Å². The van der Waals surface area contributed by atoms with E-state index in [0.29, 0.717) is 13.1 Å². The first-order valence-electron chi connectivity index (χ1n) is 9.49. The second-order valence-corrected chi connectivity index (χ2v) is 7.22. The lowest BCUT2D eigenvalue weighted by Gasteiger charge is -2.34. The molecule has 1 heterocycles. The van der Waals surface area contributed by atoms with E-state index in [1.807, 2.05) is 39.0 Å². The highest BCUT2D eigenvalue weighted by Crippen LogP contribution is 2.17. The highest BCUT2D eigenvalue weighted by Gasteiger charge is 2.21. The van der Waals surface area contributed by atoms with Crippen LogP contribution in [0.1, 0.15) is 31.4 Å². The van der Waals surface area contributed by atoms with Gasteiger partial charge in [-0.15, -0.1) is 0 Å². The van der Waals surface area contributed by atoms with Crippen LogP contribution in [0.4, 0.5) is 5.69 Å². The summed E-state index contributed by atoms with van der Waals surface area (Å²) < 4.78 is 0. The molecule has 2 amide bonds. The Morgan fingerprint density at radius 3 is 2.19 bits per heavy atom. The number of anilines is 1. The number of amides is 2. The smallest absolute Gasteiger partial charge is 0.238 e. The van der Waals surface area contributed by atoms with Crippen LogP contribution < -0.4 is 10.6 Å². The van der Waals surface area contributed by atoms with Crippen LogP contribution in [0.5, 0.6) is 0 Å². The molecular weight excluding hydrogens is 328 g/mol. The molecule has 6 heteroatoms. The van der Waals surface area contributed by atoms with Gasteiger partial charge in [0, 0.05) is 37.9 Å². The van der Waals surface area contributed by atoms with Crippen molar-refractivity contribution >= 4 is 17.5 Å². The second kappa shape index (κ2) is 9.69. The van der Waals surface area contributed by atoms with E-state index >= 15 is 0 Å². The molecule has 1 aliphatic rings. The second-order valence-electron chi connectivity index (χ2n) is 7.22. The number of hydrogen-bond acceptors (Lipinski definition) is 4. The van der Waals surface area contributed by atoms with Crippen molar-refractivity contribution in [1.29, 1.82) is 0 Å². The van der Waals surface area contributed by atoms with Gasteiger partial charge in [-0.2, -0.15) is 0 Å². The molecule has 1 aromatic rings. The predicted molar refractivity (Wildman–Crippen MR) is 105 cm³/mol. The van der Waals surface area contributed by atoms with Gasteiger partial charge in [-0.3, -0.25) is 19.4 Å². The fourth-order valence-corrected chi connectivity index (χ4v) is 3.01. The van der Waals surface area contributed by atoms with Crippen molar-refractivity contribution in [3.8, 4) is 0 Å². The van der Waals surface area contributed by atoms with Gasteiger partial charge in [0.25, 0.3) is 0 Å². The van der Waals surface area contributed by atoms with Gasteiger partial charge in [0.05, 0.1) is 13.1 Å². The molecule has 2 N–H and O–H groups in total. The zero-order valence-corrected chi connectivity index (χ0v) is 16.5. The first kappa shape index (κ1) is 20.4. The zero-order valence-electron chi connectivity index (χ0n) is 16.5. The lowest BCUT2D eigenvalue weighted by Crippen LogP contribution is -2.51.